The summed E-state index contributed by atoms with van der Waals surface area (Å²) in [6.07, 6.45) is 2.64. The van der Waals surface area contributed by atoms with Gasteiger partial charge in [-0.15, -0.1) is 11.8 Å². The fourth-order valence-corrected chi connectivity index (χ4v) is 3.00. The average molecular weight is 292 g/mol. The number of amides is 2. The highest BCUT2D eigenvalue weighted by Crippen LogP contribution is 2.30. The molecule has 1 aromatic rings. The fourth-order valence-electron chi connectivity index (χ4n) is 2.40. The van der Waals surface area contributed by atoms with E-state index in [4.69, 9.17) is 0 Å². The number of hydrogen-bond acceptors (Lipinski definition) is 3. The molecule has 1 aromatic carbocycles. The van der Waals surface area contributed by atoms with Crippen LogP contribution in [-0.4, -0.2) is 30.7 Å². The van der Waals surface area contributed by atoms with Crippen LogP contribution in [0.2, 0.25) is 0 Å². The minimum atomic E-state index is -0.411. The molecule has 1 atom stereocenters. The van der Waals surface area contributed by atoms with Crippen LogP contribution in [0.3, 0.4) is 0 Å². The van der Waals surface area contributed by atoms with E-state index < -0.39 is 6.04 Å². The molecule has 1 fully saturated rings. The first-order valence-corrected chi connectivity index (χ1v) is 7.99. The largest absolute Gasteiger partial charge is 0.343 e. The van der Waals surface area contributed by atoms with Crippen LogP contribution in [0.25, 0.3) is 0 Å². The Morgan fingerprint density at radius 1 is 1.35 bits per heavy atom. The topological polar surface area (TPSA) is 49.4 Å². The van der Waals surface area contributed by atoms with Gasteiger partial charge in [-0.3, -0.25) is 9.59 Å². The van der Waals surface area contributed by atoms with E-state index in [1.807, 2.05) is 44.4 Å². The molecule has 0 radical (unpaired) electrons. The molecule has 0 bridgehead atoms. The number of nitrogens with zero attached hydrogens (tertiary/aromatic N) is 1. The number of thioether (sulfide) groups is 1. The lowest BCUT2D eigenvalue weighted by atomic mass is 10.0. The van der Waals surface area contributed by atoms with Crippen LogP contribution in [0.4, 0.5) is 5.69 Å². The van der Waals surface area contributed by atoms with E-state index in [1.165, 1.54) is 0 Å². The van der Waals surface area contributed by atoms with Gasteiger partial charge >= 0.3 is 0 Å². The molecule has 1 heterocycles. The molecule has 0 aliphatic carbocycles. The Morgan fingerprint density at radius 3 is 2.70 bits per heavy atom. The Bertz CT molecular complexity index is 516. The van der Waals surface area contributed by atoms with Crippen molar-refractivity contribution in [3.63, 3.8) is 0 Å². The molecule has 2 rings (SSSR count). The van der Waals surface area contributed by atoms with E-state index in [1.54, 1.807) is 16.7 Å². The minimum Gasteiger partial charge on any atom is -0.343 e. The number of rotatable bonds is 4. The minimum absolute atomic E-state index is 0.0141. The van der Waals surface area contributed by atoms with Crippen molar-refractivity contribution in [1.82, 2.24) is 5.32 Å². The van der Waals surface area contributed by atoms with Gasteiger partial charge in [0.2, 0.25) is 11.8 Å². The second-order valence-corrected chi connectivity index (χ2v) is 6.19. The van der Waals surface area contributed by atoms with Gasteiger partial charge in [0.25, 0.3) is 0 Å². The first-order chi connectivity index (χ1) is 9.52. The summed E-state index contributed by atoms with van der Waals surface area (Å²) in [6, 6.07) is 7.29. The number of nitrogens with one attached hydrogen (secondary N) is 1. The fraction of sp³-hybridized carbons (Fsp3) is 0.467. The third-order valence-corrected chi connectivity index (χ3v) is 4.07. The smallest absolute Gasteiger partial charge is 0.250 e. The molecular weight excluding hydrogens is 272 g/mol. The molecule has 0 aromatic heterocycles. The quantitative estimate of drug-likeness (QED) is 0.866. The van der Waals surface area contributed by atoms with Crippen LogP contribution in [0.1, 0.15) is 20.3 Å². The van der Waals surface area contributed by atoms with Crippen molar-refractivity contribution in [2.75, 3.05) is 17.7 Å². The number of carbonyl (C=O) groups is 2. The summed E-state index contributed by atoms with van der Waals surface area (Å²) in [4.78, 5) is 27.1. The summed E-state index contributed by atoms with van der Waals surface area (Å²) in [5, 5.41) is 2.80. The first kappa shape index (κ1) is 14.9. The highest BCUT2D eigenvalue weighted by atomic mass is 32.2. The van der Waals surface area contributed by atoms with E-state index >= 15 is 0 Å². The van der Waals surface area contributed by atoms with Crippen molar-refractivity contribution in [3.05, 3.63) is 24.3 Å². The van der Waals surface area contributed by atoms with Crippen molar-refractivity contribution in [2.45, 2.75) is 31.2 Å². The lowest BCUT2D eigenvalue weighted by Gasteiger charge is -2.34. The van der Waals surface area contributed by atoms with E-state index in [0.29, 0.717) is 12.3 Å². The van der Waals surface area contributed by atoms with Gasteiger partial charge in [-0.1, -0.05) is 26.0 Å². The number of benzene rings is 1. The van der Waals surface area contributed by atoms with Crippen LogP contribution in [0.5, 0.6) is 0 Å². The predicted octanol–water partition coefficient (Wildman–Crippen LogP) is 2.29. The second kappa shape index (κ2) is 6.31. The third-order valence-electron chi connectivity index (χ3n) is 3.28. The van der Waals surface area contributed by atoms with E-state index in [9.17, 15) is 9.59 Å². The van der Waals surface area contributed by atoms with Crippen LogP contribution >= 0.6 is 11.8 Å². The summed E-state index contributed by atoms with van der Waals surface area (Å²) in [5.41, 5.74) is 0.827. The van der Waals surface area contributed by atoms with Crippen LogP contribution < -0.4 is 10.2 Å². The summed E-state index contributed by atoms with van der Waals surface area (Å²) in [5.74, 6) is 0.256. The van der Waals surface area contributed by atoms with Gasteiger partial charge in [0.1, 0.15) is 12.6 Å². The molecule has 1 aliphatic heterocycles. The number of anilines is 1. The van der Waals surface area contributed by atoms with Gasteiger partial charge in [0.15, 0.2) is 0 Å². The maximum absolute atomic E-state index is 12.6. The monoisotopic (exact) mass is 292 g/mol. The maximum Gasteiger partial charge on any atom is 0.250 e. The Kier molecular flexibility index (Phi) is 4.70. The first-order valence-electron chi connectivity index (χ1n) is 6.76. The van der Waals surface area contributed by atoms with Gasteiger partial charge < -0.3 is 10.2 Å². The normalized spacial score (nSPS) is 19.4. The summed E-state index contributed by atoms with van der Waals surface area (Å²) in [6.45, 7) is 4.20. The van der Waals surface area contributed by atoms with Crippen molar-refractivity contribution in [2.24, 2.45) is 5.92 Å². The Hall–Kier alpha value is -1.49. The highest BCUT2D eigenvalue weighted by molar-refractivity contribution is 7.98. The van der Waals surface area contributed by atoms with Crippen LogP contribution in [0, 0.1) is 5.92 Å². The van der Waals surface area contributed by atoms with Gasteiger partial charge in [0, 0.05) is 4.90 Å². The van der Waals surface area contributed by atoms with Gasteiger partial charge in [-0.05, 0) is 30.7 Å². The van der Waals surface area contributed by atoms with Crippen molar-refractivity contribution in [3.8, 4) is 0 Å². The molecule has 108 valence electrons. The maximum atomic E-state index is 12.6. The molecule has 4 nitrogen and oxygen atoms in total. The van der Waals surface area contributed by atoms with Gasteiger partial charge in [-0.2, -0.15) is 0 Å². The van der Waals surface area contributed by atoms with Crippen LogP contribution in [0.15, 0.2) is 29.2 Å². The zero-order chi connectivity index (χ0) is 14.7. The van der Waals surface area contributed by atoms with Crippen molar-refractivity contribution >= 4 is 29.3 Å². The Morgan fingerprint density at radius 2 is 2.05 bits per heavy atom. The average Bonchev–Trinajstić information content (AvgIpc) is 2.42. The van der Waals surface area contributed by atoms with Crippen molar-refractivity contribution < 1.29 is 9.59 Å². The third kappa shape index (κ3) is 3.15. The molecule has 0 spiro atoms. The molecule has 1 saturated heterocycles. The highest BCUT2D eigenvalue weighted by Gasteiger charge is 2.34. The predicted molar refractivity (Wildman–Crippen MR) is 82.0 cm³/mol. The number of carbonyl (C=O) groups excluding carboxylic acids is 2. The second-order valence-electron chi connectivity index (χ2n) is 5.35. The molecule has 1 unspecified atom stereocenters. The summed E-state index contributed by atoms with van der Waals surface area (Å²) >= 11 is 1.58. The van der Waals surface area contributed by atoms with Crippen LogP contribution in [-0.2, 0) is 9.59 Å². The molecule has 1 N–H and O–H groups in total. The van der Waals surface area contributed by atoms with Gasteiger partial charge in [-0.25, -0.2) is 0 Å². The molecule has 0 saturated carbocycles. The molecule has 20 heavy (non-hydrogen) atoms. The Labute approximate surface area is 123 Å². The zero-order valence-corrected chi connectivity index (χ0v) is 12.9. The molecule has 2 amide bonds. The summed E-state index contributed by atoms with van der Waals surface area (Å²) in [7, 11) is 0. The lowest BCUT2D eigenvalue weighted by Crippen LogP contribution is -2.58. The van der Waals surface area contributed by atoms with E-state index in [2.05, 4.69) is 5.32 Å². The zero-order valence-electron chi connectivity index (χ0n) is 12.1. The lowest BCUT2D eigenvalue weighted by molar-refractivity contribution is -0.131. The standard InChI is InChI=1S/C15H20N2O2S/c1-10(2)8-11-15(19)17(9-14(18)16-11)12-6-4-5-7-13(12)20-3/h4-7,10-11H,8-9H2,1-3H3,(H,16,18). The number of para-hydroxylation sites is 1. The van der Waals surface area contributed by atoms with E-state index in [0.717, 1.165) is 10.6 Å². The summed E-state index contributed by atoms with van der Waals surface area (Å²) < 4.78 is 0. The SMILES string of the molecule is CSc1ccccc1N1CC(=O)NC(CC(C)C)C1=O. The molecule has 5 heteroatoms. The number of piperazine rings is 1. The van der Waals surface area contributed by atoms with Crippen molar-refractivity contribution in [1.29, 1.82) is 0 Å². The number of hydrogen-bond donors (Lipinski definition) is 1. The Balaban J connectivity index is 2.30. The van der Waals surface area contributed by atoms with Gasteiger partial charge in [0.05, 0.1) is 5.69 Å². The molecular formula is C15H20N2O2S. The van der Waals surface area contributed by atoms with E-state index in [-0.39, 0.29) is 18.4 Å². The molecule has 1 aliphatic rings.